The molecule has 7 rings (SSSR count). The van der Waals surface area contributed by atoms with E-state index >= 15 is 0 Å². The summed E-state index contributed by atoms with van der Waals surface area (Å²) in [5, 5.41) is 158. The van der Waals surface area contributed by atoms with Crippen LogP contribution in [0.15, 0.2) is 12.2 Å². The molecular weight excluding hydrogens is 900 g/mol. The van der Waals surface area contributed by atoms with E-state index in [1.54, 1.807) is 0 Å². The summed E-state index contributed by atoms with van der Waals surface area (Å²) in [6.07, 6.45) is -31.9. The summed E-state index contributed by atoms with van der Waals surface area (Å²) in [5.74, 6) is -1.38. The zero-order chi connectivity index (χ0) is 48.9. The smallest absolute Gasteiger partial charge is 0.317 e. The highest BCUT2D eigenvalue weighted by molar-refractivity contribution is 5.78. The van der Waals surface area contributed by atoms with Gasteiger partial charge in [0.1, 0.15) is 97.7 Å². The molecule has 24 heteroatoms. The second kappa shape index (κ2) is 21.6. The normalized spacial score (nSPS) is 51.9. The van der Waals surface area contributed by atoms with Crippen LogP contribution in [0, 0.1) is 28.6 Å². The maximum absolute atomic E-state index is 14.3. The van der Waals surface area contributed by atoms with Gasteiger partial charge < -0.3 is 114 Å². The number of hydrogen-bond donors (Lipinski definition) is 15. The summed E-state index contributed by atoms with van der Waals surface area (Å²) in [6.45, 7) is 2.62. The van der Waals surface area contributed by atoms with E-state index in [1.807, 2.05) is 0 Å². The Morgan fingerprint density at radius 2 is 1.04 bits per heavy atom. The second-order valence-corrected chi connectivity index (χ2v) is 19.6. The van der Waals surface area contributed by atoms with E-state index < -0.39 is 185 Å². The van der Waals surface area contributed by atoms with Crippen LogP contribution >= 0.6 is 0 Å². The first-order valence-corrected chi connectivity index (χ1v) is 23.1. The van der Waals surface area contributed by atoms with E-state index in [9.17, 15) is 81.4 Å². The molecule has 386 valence electrons. The number of carbonyl (C=O) groups is 1. The van der Waals surface area contributed by atoms with E-state index in [0.29, 0.717) is 44.1 Å². The van der Waals surface area contributed by atoms with Crippen molar-refractivity contribution in [2.75, 3.05) is 33.0 Å². The number of ether oxygens (including phenoxy) is 8. The summed E-state index contributed by atoms with van der Waals surface area (Å²) < 4.78 is 47.3. The maximum atomic E-state index is 14.3. The van der Waals surface area contributed by atoms with E-state index in [0.717, 1.165) is 0 Å². The van der Waals surface area contributed by atoms with Gasteiger partial charge in [-0.15, -0.1) is 0 Å². The molecule has 0 spiro atoms. The third-order valence-electron chi connectivity index (χ3n) is 15.9. The third kappa shape index (κ3) is 9.84. The van der Waals surface area contributed by atoms with Crippen molar-refractivity contribution in [3.63, 3.8) is 0 Å². The van der Waals surface area contributed by atoms with Gasteiger partial charge in [0.25, 0.3) is 0 Å². The van der Waals surface area contributed by atoms with Crippen LogP contribution in [-0.4, -0.2) is 245 Å². The molecule has 0 aromatic carbocycles. The molecule has 0 radical (unpaired) electrons. The molecule has 0 amide bonds. The molecule has 24 nitrogen and oxygen atoms in total. The highest BCUT2D eigenvalue weighted by Gasteiger charge is 2.63. The lowest BCUT2D eigenvalue weighted by Crippen LogP contribution is -2.67. The van der Waals surface area contributed by atoms with Gasteiger partial charge in [-0.25, -0.2) is 0 Å². The minimum atomic E-state index is -1.97. The summed E-state index contributed by atoms with van der Waals surface area (Å²) in [5.41, 5.74) is -1.43. The van der Waals surface area contributed by atoms with E-state index in [-0.39, 0.29) is 24.7 Å². The lowest BCUT2D eigenvalue weighted by atomic mass is 9.45. The van der Waals surface area contributed by atoms with Gasteiger partial charge in [0.05, 0.1) is 44.6 Å². The molecule has 67 heavy (non-hydrogen) atoms. The van der Waals surface area contributed by atoms with Gasteiger partial charge in [0, 0.05) is 0 Å². The Morgan fingerprint density at radius 1 is 0.567 bits per heavy atom. The van der Waals surface area contributed by atoms with Gasteiger partial charge in [-0.1, -0.05) is 19.9 Å². The minimum absolute atomic E-state index is 0.000953. The van der Waals surface area contributed by atoms with E-state index in [4.69, 9.17) is 37.9 Å². The number of aliphatic hydroxyl groups is 15. The minimum Gasteiger partial charge on any atom is -0.432 e. The van der Waals surface area contributed by atoms with Crippen LogP contribution < -0.4 is 0 Å². The lowest BCUT2D eigenvalue weighted by Gasteiger charge is -2.59. The molecule has 26 atom stereocenters. The van der Waals surface area contributed by atoms with Crippen LogP contribution in [0.1, 0.15) is 58.3 Å². The predicted octanol–water partition coefficient (Wildman–Crippen LogP) is -6.29. The average molecular weight is 971 g/mol. The molecule has 22 unspecified atom stereocenters. The van der Waals surface area contributed by atoms with Crippen molar-refractivity contribution in [2.24, 2.45) is 28.6 Å². The van der Waals surface area contributed by atoms with Gasteiger partial charge in [-0.2, -0.15) is 0 Å². The Hall–Kier alpha value is -1.67. The molecule has 7 aliphatic rings. The van der Waals surface area contributed by atoms with Gasteiger partial charge in [0.15, 0.2) is 18.9 Å². The largest absolute Gasteiger partial charge is 0.432 e. The first-order valence-electron chi connectivity index (χ1n) is 23.1. The highest BCUT2D eigenvalue weighted by atomic mass is 16.8. The zero-order valence-electron chi connectivity index (χ0n) is 37.1. The van der Waals surface area contributed by atoms with Crippen molar-refractivity contribution in [3.05, 3.63) is 12.2 Å². The fourth-order valence-corrected chi connectivity index (χ4v) is 12.1. The van der Waals surface area contributed by atoms with Crippen molar-refractivity contribution in [3.8, 4) is 0 Å². The molecule has 0 aromatic heterocycles. The van der Waals surface area contributed by atoms with Crippen molar-refractivity contribution in [1.82, 2.24) is 0 Å². The summed E-state index contributed by atoms with van der Waals surface area (Å²) >= 11 is 0. The number of aliphatic hydroxyl groups excluding tert-OH is 15. The molecule has 0 bridgehead atoms. The zero-order valence-corrected chi connectivity index (χ0v) is 37.1. The lowest BCUT2D eigenvalue weighted by molar-refractivity contribution is -0.394. The van der Waals surface area contributed by atoms with Gasteiger partial charge in [0.2, 0.25) is 6.29 Å². The Kier molecular flexibility index (Phi) is 17.1. The fraction of sp³-hybridized carbons (Fsp3) is 0.930. The van der Waals surface area contributed by atoms with E-state index in [1.165, 1.54) is 0 Å². The van der Waals surface area contributed by atoms with Crippen molar-refractivity contribution in [2.45, 2.75) is 187 Å². The van der Waals surface area contributed by atoms with Crippen molar-refractivity contribution < 1.29 is 119 Å². The Bertz CT molecular complexity index is 1660. The van der Waals surface area contributed by atoms with Crippen molar-refractivity contribution >= 4 is 5.97 Å². The summed E-state index contributed by atoms with van der Waals surface area (Å²) in [7, 11) is 0. The summed E-state index contributed by atoms with van der Waals surface area (Å²) in [6, 6.07) is 0. The molecule has 4 heterocycles. The van der Waals surface area contributed by atoms with Crippen LogP contribution in [0.5, 0.6) is 0 Å². The van der Waals surface area contributed by atoms with Crippen LogP contribution in [0.2, 0.25) is 0 Å². The van der Waals surface area contributed by atoms with E-state index in [2.05, 4.69) is 13.5 Å². The third-order valence-corrected chi connectivity index (χ3v) is 15.9. The number of hydrogen-bond acceptors (Lipinski definition) is 24. The number of carbonyl (C=O) groups excluding carboxylic acids is 1. The number of fused-ring (bicyclic) bond motifs is 3. The standard InChI is InChI=1S/C43H70O24/c1-16-10-17-4-7-24-42(2,8-3-9-43(24,15-48)41(59)67-39-34(58)31(55)27(51)22(13-46)63-39)18(17)5-6-19(16)60-40-36(66-38-33(57)30(54)26(50)21(12-45)62-38)35(28(52)23(14-47)64-40)65-37-32(56)29(53)25(49)20(11-44)61-37/h17-40,44-58H,1,3-15H2,2H3/t17?,18-,19?,20?,21?,22?,23?,24+,25?,26?,27?,28?,29?,30?,31?,32?,33?,34?,35?,36?,37?,38?,39?,40?,42+,43+/m1/s1. The molecule has 7 fully saturated rings. The summed E-state index contributed by atoms with van der Waals surface area (Å²) in [4.78, 5) is 14.3. The van der Waals surface area contributed by atoms with Gasteiger partial charge in [-0.05, 0) is 73.7 Å². The number of esters is 1. The monoisotopic (exact) mass is 970 g/mol. The number of rotatable bonds is 13. The first kappa shape index (κ1) is 53.1. The molecular formula is C43H70O24. The molecule has 3 saturated carbocycles. The van der Waals surface area contributed by atoms with Crippen molar-refractivity contribution in [1.29, 1.82) is 0 Å². The molecule has 4 saturated heterocycles. The first-order chi connectivity index (χ1) is 31.8. The Morgan fingerprint density at radius 3 is 1.57 bits per heavy atom. The maximum Gasteiger partial charge on any atom is 0.317 e. The Labute approximate surface area is 385 Å². The molecule has 3 aliphatic carbocycles. The predicted molar refractivity (Wildman–Crippen MR) is 218 cm³/mol. The van der Waals surface area contributed by atoms with Crippen LogP contribution in [-0.2, 0) is 42.7 Å². The van der Waals surface area contributed by atoms with Crippen LogP contribution in [0.3, 0.4) is 0 Å². The van der Waals surface area contributed by atoms with Gasteiger partial charge in [-0.3, -0.25) is 4.79 Å². The second-order valence-electron chi connectivity index (χ2n) is 19.6. The molecule has 15 N–H and O–H groups in total. The molecule has 4 aliphatic heterocycles. The van der Waals surface area contributed by atoms with Crippen LogP contribution in [0.4, 0.5) is 0 Å². The Balaban J connectivity index is 1.14. The molecule has 0 aromatic rings. The average Bonchev–Trinajstić information content (AvgIpc) is 3.48. The fourth-order valence-electron chi connectivity index (χ4n) is 12.1. The quantitative estimate of drug-likeness (QED) is 0.0603. The van der Waals surface area contributed by atoms with Gasteiger partial charge >= 0.3 is 5.97 Å². The topological polar surface area (TPSA) is 394 Å². The SMILES string of the molecule is C=C1CC2CC[C@@H]3[C@](CO)(C(=O)OC4OC(CO)C(O)C(O)C4O)CCC[C@@]3(C)[C@@H]2CCC1OC1OC(CO)C(O)C(OC2OC(CO)C(O)C(O)C2O)C1OC1OC(CO)C(O)C(O)C1O. The van der Waals surface area contributed by atoms with Crippen LogP contribution in [0.25, 0.3) is 0 Å². The highest BCUT2D eigenvalue weighted by Crippen LogP contribution is 2.64.